The molecule has 0 amide bonds. The third kappa shape index (κ3) is 4.18. The van der Waals surface area contributed by atoms with Crippen LogP contribution in [-0.4, -0.2) is 4.98 Å². The Morgan fingerprint density at radius 3 is 2.58 bits per heavy atom. The van der Waals surface area contributed by atoms with Crippen LogP contribution in [0.15, 0.2) is 40.9 Å². The summed E-state index contributed by atoms with van der Waals surface area (Å²) in [7, 11) is 0. The van der Waals surface area contributed by atoms with Crippen molar-refractivity contribution in [3.63, 3.8) is 0 Å². The minimum absolute atomic E-state index is 0.338. The Morgan fingerprint density at radius 1 is 1.16 bits per heavy atom. The standard InChI is InChI=1S/C13H13BrClN3O/c14-10-3-1-9(2-4-10)7-19-8-12-11(15)5-6-13(17-12)18-16/h1-6H,7-8,16H2,(H,17,18). The van der Waals surface area contributed by atoms with Gasteiger partial charge in [-0.2, -0.15) is 0 Å². The Balaban J connectivity index is 1.93. The summed E-state index contributed by atoms with van der Waals surface area (Å²) in [5, 5.41) is 0.565. The number of nitrogens with one attached hydrogen (secondary N) is 1. The minimum Gasteiger partial charge on any atom is -0.370 e. The van der Waals surface area contributed by atoms with E-state index in [1.54, 1.807) is 12.1 Å². The number of anilines is 1. The topological polar surface area (TPSA) is 60.2 Å². The molecule has 0 bridgehead atoms. The Morgan fingerprint density at radius 2 is 1.89 bits per heavy atom. The van der Waals surface area contributed by atoms with Crippen LogP contribution in [0, 0.1) is 0 Å². The molecule has 2 rings (SSSR count). The largest absolute Gasteiger partial charge is 0.370 e. The average Bonchev–Trinajstić information content (AvgIpc) is 2.43. The normalized spacial score (nSPS) is 10.5. The van der Waals surface area contributed by atoms with Crippen molar-refractivity contribution in [3.8, 4) is 0 Å². The number of halogens is 2. The lowest BCUT2D eigenvalue weighted by Crippen LogP contribution is -2.09. The van der Waals surface area contributed by atoms with E-state index in [9.17, 15) is 0 Å². The molecule has 0 aliphatic carbocycles. The van der Waals surface area contributed by atoms with E-state index in [2.05, 4.69) is 26.3 Å². The average molecular weight is 343 g/mol. The van der Waals surface area contributed by atoms with Crippen molar-refractivity contribution in [1.82, 2.24) is 4.98 Å². The monoisotopic (exact) mass is 341 g/mol. The Labute approximate surface area is 125 Å². The number of hydrogen-bond donors (Lipinski definition) is 2. The first-order valence-electron chi connectivity index (χ1n) is 5.63. The van der Waals surface area contributed by atoms with Crippen LogP contribution >= 0.6 is 27.5 Å². The van der Waals surface area contributed by atoms with Gasteiger partial charge in [0, 0.05) is 4.47 Å². The second-order valence-electron chi connectivity index (χ2n) is 3.89. The van der Waals surface area contributed by atoms with Crippen LogP contribution in [0.5, 0.6) is 0 Å². The van der Waals surface area contributed by atoms with Crippen LogP contribution in [0.4, 0.5) is 5.82 Å². The van der Waals surface area contributed by atoms with E-state index in [4.69, 9.17) is 22.2 Å². The fourth-order valence-corrected chi connectivity index (χ4v) is 1.94. The van der Waals surface area contributed by atoms with Crippen LogP contribution in [0.25, 0.3) is 0 Å². The number of aromatic nitrogens is 1. The van der Waals surface area contributed by atoms with E-state index in [0.717, 1.165) is 10.0 Å². The molecule has 6 heteroatoms. The van der Waals surface area contributed by atoms with Crippen molar-refractivity contribution < 1.29 is 4.74 Å². The van der Waals surface area contributed by atoms with Crippen LogP contribution in [0.1, 0.15) is 11.3 Å². The van der Waals surface area contributed by atoms with Crippen LogP contribution in [0.3, 0.4) is 0 Å². The number of hydrogen-bond acceptors (Lipinski definition) is 4. The summed E-state index contributed by atoms with van der Waals surface area (Å²) in [6.07, 6.45) is 0. The molecule has 1 aromatic carbocycles. The maximum Gasteiger partial charge on any atom is 0.140 e. The molecular weight excluding hydrogens is 330 g/mol. The summed E-state index contributed by atoms with van der Waals surface area (Å²) in [4.78, 5) is 4.24. The van der Waals surface area contributed by atoms with E-state index in [0.29, 0.717) is 29.7 Å². The van der Waals surface area contributed by atoms with Crippen molar-refractivity contribution in [2.75, 3.05) is 5.43 Å². The number of nitrogen functional groups attached to an aromatic ring is 1. The van der Waals surface area contributed by atoms with Crippen molar-refractivity contribution >= 4 is 33.3 Å². The van der Waals surface area contributed by atoms with E-state index in [1.165, 1.54) is 0 Å². The summed E-state index contributed by atoms with van der Waals surface area (Å²) in [6.45, 7) is 0.843. The van der Waals surface area contributed by atoms with Gasteiger partial charge in [0.25, 0.3) is 0 Å². The third-order valence-corrected chi connectivity index (χ3v) is 3.36. The van der Waals surface area contributed by atoms with Gasteiger partial charge in [0.1, 0.15) is 5.82 Å². The van der Waals surface area contributed by atoms with Crippen molar-refractivity contribution in [3.05, 3.63) is 57.2 Å². The van der Waals surface area contributed by atoms with Gasteiger partial charge in [-0.15, -0.1) is 0 Å². The second-order valence-corrected chi connectivity index (χ2v) is 5.21. The lowest BCUT2D eigenvalue weighted by Gasteiger charge is -2.07. The molecule has 0 fully saturated rings. The Kier molecular flexibility index (Phi) is 5.15. The first-order valence-corrected chi connectivity index (χ1v) is 6.80. The fraction of sp³-hybridized carbons (Fsp3) is 0.154. The first kappa shape index (κ1) is 14.3. The predicted molar refractivity (Wildman–Crippen MR) is 79.7 cm³/mol. The third-order valence-electron chi connectivity index (χ3n) is 2.49. The molecule has 19 heavy (non-hydrogen) atoms. The maximum absolute atomic E-state index is 6.04. The molecule has 0 radical (unpaired) electrons. The summed E-state index contributed by atoms with van der Waals surface area (Å²) in [5.74, 6) is 5.86. The molecule has 0 spiro atoms. The highest BCUT2D eigenvalue weighted by atomic mass is 79.9. The summed E-state index contributed by atoms with van der Waals surface area (Å²) < 4.78 is 6.64. The van der Waals surface area contributed by atoms with Crippen LogP contribution in [-0.2, 0) is 18.0 Å². The van der Waals surface area contributed by atoms with Crippen LogP contribution in [0.2, 0.25) is 5.02 Å². The summed E-state index contributed by atoms with van der Waals surface area (Å²) in [6, 6.07) is 11.4. The molecule has 0 unspecified atom stereocenters. The zero-order valence-electron chi connectivity index (χ0n) is 10.1. The van der Waals surface area contributed by atoms with Crippen molar-refractivity contribution in [1.29, 1.82) is 0 Å². The van der Waals surface area contributed by atoms with E-state index in [-0.39, 0.29) is 0 Å². The van der Waals surface area contributed by atoms with Gasteiger partial charge in [-0.05, 0) is 29.8 Å². The van der Waals surface area contributed by atoms with Gasteiger partial charge >= 0.3 is 0 Å². The first-order chi connectivity index (χ1) is 9.19. The highest BCUT2D eigenvalue weighted by Gasteiger charge is 2.04. The van der Waals surface area contributed by atoms with Gasteiger partial charge in [0.15, 0.2) is 0 Å². The number of pyridine rings is 1. The minimum atomic E-state index is 0.338. The molecule has 0 aliphatic heterocycles. The van der Waals surface area contributed by atoms with E-state index >= 15 is 0 Å². The molecule has 2 aromatic rings. The molecule has 1 heterocycles. The molecule has 0 aliphatic rings. The number of hydrazine groups is 1. The van der Waals surface area contributed by atoms with Gasteiger partial charge in [0.05, 0.1) is 23.9 Å². The zero-order chi connectivity index (χ0) is 13.7. The van der Waals surface area contributed by atoms with Gasteiger partial charge in [0.2, 0.25) is 0 Å². The molecule has 1 aromatic heterocycles. The number of rotatable bonds is 5. The van der Waals surface area contributed by atoms with Gasteiger partial charge in [-0.3, -0.25) is 0 Å². The number of ether oxygens (including phenoxy) is 1. The molecule has 100 valence electrons. The lowest BCUT2D eigenvalue weighted by atomic mass is 10.2. The Hall–Kier alpha value is -1.14. The van der Waals surface area contributed by atoms with Crippen molar-refractivity contribution in [2.45, 2.75) is 13.2 Å². The molecule has 0 atom stereocenters. The maximum atomic E-state index is 6.04. The molecule has 0 saturated heterocycles. The highest BCUT2D eigenvalue weighted by molar-refractivity contribution is 9.10. The second kappa shape index (κ2) is 6.86. The predicted octanol–water partition coefficient (Wildman–Crippen LogP) is 3.50. The smallest absolute Gasteiger partial charge is 0.140 e. The quantitative estimate of drug-likeness (QED) is 0.645. The Bertz CT molecular complexity index is 548. The molecule has 3 N–H and O–H groups in total. The SMILES string of the molecule is NNc1ccc(Cl)c(COCc2ccc(Br)cc2)n1. The molecular formula is C13H13BrClN3O. The van der Waals surface area contributed by atoms with Gasteiger partial charge in [-0.1, -0.05) is 39.7 Å². The molecule has 0 saturated carbocycles. The van der Waals surface area contributed by atoms with Crippen LogP contribution < -0.4 is 11.3 Å². The number of nitrogens with zero attached hydrogens (tertiary/aromatic N) is 1. The summed E-state index contributed by atoms with van der Waals surface area (Å²) in [5.41, 5.74) is 4.23. The zero-order valence-corrected chi connectivity index (χ0v) is 12.4. The molecule has 4 nitrogen and oxygen atoms in total. The summed E-state index contributed by atoms with van der Waals surface area (Å²) >= 11 is 9.43. The lowest BCUT2D eigenvalue weighted by molar-refractivity contribution is 0.105. The van der Waals surface area contributed by atoms with E-state index in [1.807, 2.05) is 24.3 Å². The van der Waals surface area contributed by atoms with Gasteiger partial charge < -0.3 is 10.2 Å². The number of benzene rings is 1. The van der Waals surface area contributed by atoms with E-state index < -0.39 is 0 Å². The fourth-order valence-electron chi connectivity index (χ4n) is 1.51. The number of nitrogens with two attached hydrogens (primary N) is 1. The van der Waals surface area contributed by atoms with Crippen molar-refractivity contribution in [2.24, 2.45) is 5.84 Å². The highest BCUT2D eigenvalue weighted by Crippen LogP contribution is 2.18. The van der Waals surface area contributed by atoms with Gasteiger partial charge in [-0.25, -0.2) is 10.8 Å².